The second-order valence-electron chi connectivity index (χ2n) is 7.98. The lowest BCUT2D eigenvalue weighted by molar-refractivity contribution is -0.137. The molecular weight excluding hydrogens is 435 g/mol. The number of hydrogen-bond acceptors (Lipinski definition) is 5. The van der Waals surface area contributed by atoms with Gasteiger partial charge in [-0.25, -0.2) is 0 Å². The third-order valence-corrected chi connectivity index (χ3v) is 7.05. The number of hydrogen-bond donors (Lipinski definition) is 0. The smallest absolute Gasteiger partial charge is 0.416 e. The molecule has 0 N–H and O–H groups in total. The zero-order chi connectivity index (χ0) is 22.6. The Morgan fingerprint density at radius 2 is 1.59 bits per heavy atom. The predicted octanol–water partition coefficient (Wildman–Crippen LogP) is 5.48. The van der Waals surface area contributed by atoms with Crippen LogP contribution in [-0.2, 0) is 10.9 Å². The maximum atomic E-state index is 13.4. The van der Waals surface area contributed by atoms with Crippen molar-refractivity contribution >= 4 is 23.1 Å². The lowest BCUT2D eigenvalue weighted by Crippen LogP contribution is -2.47. The highest BCUT2D eigenvalue weighted by molar-refractivity contribution is 7.99. The van der Waals surface area contributed by atoms with Crippen molar-refractivity contribution in [3.63, 3.8) is 0 Å². The van der Waals surface area contributed by atoms with Gasteiger partial charge in [0.05, 0.1) is 29.8 Å². The van der Waals surface area contributed by atoms with E-state index >= 15 is 0 Å². The van der Waals surface area contributed by atoms with Crippen molar-refractivity contribution in [3.8, 4) is 0 Å². The van der Waals surface area contributed by atoms with Crippen LogP contribution in [-0.4, -0.2) is 62.2 Å². The summed E-state index contributed by atoms with van der Waals surface area (Å²) in [5.41, 5.74) is 1.03. The lowest BCUT2D eigenvalue weighted by Gasteiger charge is -2.36. The van der Waals surface area contributed by atoms with Crippen LogP contribution in [0.25, 0.3) is 0 Å². The number of halogens is 3. The lowest BCUT2D eigenvalue weighted by atomic mass is 10.1. The largest absolute Gasteiger partial charge is 0.500 e. The Labute approximate surface area is 191 Å². The highest BCUT2D eigenvalue weighted by Gasteiger charge is 2.33. The number of fused-ring (bicyclic) bond motifs is 2. The SMILES string of the molecule is C=COCCN1CCN(CCCN2c3ccccc3Sc3ccc(C(F)(F)F)cc32)CC1. The predicted molar refractivity (Wildman–Crippen MR) is 123 cm³/mol. The van der Waals surface area contributed by atoms with Crippen LogP contribution in [0, 0.1) is 0 Å². The average molecular weight is 464 g/mol. The highest BCUT2D eigenvalue weighted by atomic mass is 32.2. The number of nitrogens with zero attached hydrogens (tertiary/aromatic N) is 3. The molecule has 8 heteroatoms. The minimum atomic E-state index is -4.35. The van der Waals surface area contributed by atoms with Gasteiger partial charge in [0.2, 0.25) is 0 Å². The number of anilines is 2. The minimum absolute atomic E-state index is 0.599. The molecule has 1 fully saturated rings. The minimum Gasteiger partial charge on any atom is -0.500 e. The summed E-state index contributed by atoms with van der Waals surface area (Å²) in [5, 5.41) is 0. The van der Waals surface area contributed by atoms with E-state index in [0.29, 0.717) is 18.8 Å². The van der Waals surface area contributed by atoms with Crippen LogP contribution in [0.3, 0.4) is 0 Å². The topological polar surface area (TPSA) is 19.0 Å². The Morgan fingerprint density at radius 1 is 0.906 bits per heavy atom. The second kappa shape index (κ2) is 10.2. The number of ether oxygens (including phenoxy) is 1. The van der Waals surface area contributed by atoms with E-state index in [-0.39, 0.29) is 0 Å². The van der Waals surface area contributed by atoms with Crippen LogP contribution in [0.2, 0.25) is 0 Å². The van der Waals surface area contributed by atoms with E-state index in [1.807, 2.05) is 24.3 Å². The molecule has 2 aliphatic heterocycles. The molecule has 172 valence electrons. The summed E-state index contributed by atoms with van der Waals surface area (Å²) in [6, 6.07) is 12.0. The van der Waals surface area contributed by atoms with Crippen LogP contribution in [0.5, 0.6) is 0 Å². The summed E-state index contributed by atoms with van der Waals surface area (Å²) in [7, 11) is 0. The Balaban J connectivity index is 1.40. The molecule has 32 heavy (non-hydrogen) atoms. The van der Waals surface area contributed by atoms with Gasteiger partial charge in [-0.05, 0) is 43.3 Å². The molecule has 0 amide bonds. The molecule has 0 bridgehead atoms. The third kappa shape index (κ3) is 5.42. The molecule has 1 saturated heterocycles. The first kappa shape index (κ1) is 23.0. The maximum Gasteiger partial charge on any atom is 0.416 e. The normalized spacial score (nSPS) is 17.0. The van der Waals surface area contributed by atoms with Gasteiger partial charge in [0, 0.05) is 49.1 Å². The first-order valence-electron chi connectivity index (χ1n) is 10.9. The van der Waals surface area contributed by atoms with Gasteiger partial charge in [0.1, 0.15) is 0 Å². The molecule has 0 saturated carbocycles. The molecule has 0 spiro atoms. The summed E-state index contributed by atoms with van der Waals surface area (Å²) < 4.78 is 45.3. The van der Waals surface area contributed by atoms with Crippen LogP contribution >= 0.6 is 11.8 Å². The molecule has 4 rings (SSSR count). The molecule has 2 aromatic carbocycles. The number of alkyl halides is 3. The fraction of sp³-hybridized carbons (Fsp3) is 0.417. The van der Waals surface area contributed by atoms with Crippen molar-refractivity contribution in [1.82, 2.24) is 9.80 Å². The molecule has 2 heterocycles. The standard InChI is InChI=1S/C24H28F3N3OS/c1-2-31-17-16-29-14-12-28(13-15-29)10-5-11-30-20-6-3-4-7-22(20)32-23-9-8-19(18-21(23)30)24(25,26)27/h2-4,6-9,18H,1,5,10-17H2. The Bertz CT molecular complexity index is 929. The van der Waals surface area contributed by atoms with Gasteiger partial charge in [0.15, 0.2) is 0 Å². The molecule has 0 aromatic heterocycles. The van der Waals surface area contributed by atoms with Crippen molar-refractivity contribution < 1.29 is 17.9 Å². The molecule has 2 aromatic rings. The van der Waals surface area contributed by atoms with E-state index in [1.165, 1.54) is 30.2 Å². The molecule has 0 atom stereocenters. The maximum absolute atomic E-state index is 13.4. The number of rotatable bonds is 8. The van der Waals surface area contributed by atoms with E-state index in [1.54, 1.807) is 6.07 Å². The highest BCUT2D eigenvalue weighted by Crippen LogP contribution is 2.49. The third-order valence-electron chi connectivity index (χ3n) is 5.92. The Hall–Kier alpha value is -2.16. The quantitative estimate of drug-likeness (QED) is 0.380. The van der Waals surface area contributed by atoms with Gasteiger partial charge < -0.3 is 14.5 Å². The van der Waals surface area contributed by atoms with Crippen LogP contribution < -0.4 is 4.90 Å². The summed E-state index contributed by atoms with van der Waals surface area (Å²) in [6.45, 7) is 10.7. The Kier molecular flexibility index (Phi) is 7.33. The van der Waals surface area contributed by atoms with Crippen molar-refractivity contribution in [3.05, 3.63) is 60.9 Å². The molecular formula is C24H28F3N3OS. The zero-order valence-corrected chi connectivity index (χ0v) is 18.8. The van der Waals surface area contributed by atoms with Gasteiger partial charge in [-0.1, -0.05) is 30.5 Å². The Morgan fingerprint density at radius 3 is 2.31 bits per heavy atom. The van der Waals surface area contributed by atoms with E-state index in [9.17, 15) is 13.2 Å². The monoisotopic (exact) mass is 463 g/mol. The van der Waals surface area contributed by atoms with Crippen LogP contribution in [0.4, 0.5) is 24.5 Å². The van der Waals surface area contributed by atoms with Crippen molar-refractivity contribution in [1.29, 1.82) is 0 Å². The molecule has 4 nitrogen and oxygen atoms in total. The zero-order valence-electron chi connectivity index (χ0n) is 18.0. The average Bonchev–Trinajstić information content (AvgIpc) is 2.79. The van der Waals surface area contributed by atoms with Gasteiger partial charge >= 0.3 is 6.18 Å². The van der Waals surface area contributed by atoms with Crippen molar-refractivity contribution in [2.45, 2.75) is 22.4 Å². The fourth-order valence-corrected chi connectivity index (χ4v) is 5.28. The molecule has 0 aliphatic carbocycles. The first-order valence-corrected chi connectivity index (χ1v) is 11.7. The van der Waals surface area contributed by atoms with E-state index in [4.69, 9.17) is 4.74 Å². The molecule has 0 radical (unpaired) electrons. The van der Waals surface area contributed by atoms with E-state index < -0.39 is 11.7 Å². The van der Waals surface area contributed by atoms with Crippen LogP contribution in [0.15, 0.2) is 65.1 Å². The van der Waals surface area contributed by atoms with Gasteiger partial charge in [0.25, 0.3) is 0 Å². The van der Waals surface area contributed by atoms with E-state index in [2.05, 4.69) is 21.3 Å². The van der Waals surface area contributed by atoms with Gasteiger partial charge in [-0.2, -0.15) is 13.2 Å². The van der Waals surface area contributed by atoms with Crippen molar-refractivity contribution in [2.75, 3.05) is 57.3 Å². The number of benzene rings is 2. The fourth-order valence-electron chi connectivity index (χ4n) is 4.20. The number of para-hydroxylation sites is 1. The van der Waals surface area contributed by atoms with Crippen LogP contribution in [0.1, 0.15) is 12.0 Å². The number of piperazine rings is 1. The first-order chi connectivity index (χ1) is 15.5. The van der Waals surface area contributed by atoms with E-state index in [0.717, 1.165) is 61.2 Å². The molecule has 2 aliphatic rings. The second-order valence-corrected chi connectivity index (χ2v) is 9.06. The van der Waals surface area contributed by atoms with Gasteiger partial charge in [-0.15, -0.1) is 0 Å². The van der Waals surface area contributed by atoms with Crippen molar-refractivity contribution in [2.24, 2.45) is 0 Å². The van der Waals surface area contributed by atoms with Gasteiger partial charge in [-0.3, -0.25) is 4.90 Å². The summed E-state index contributed by atoms with van der Waals surface area (Å²) in [6.07, 6.45) is -1.99. The summed E-state index contributed by atoms with van der Waals surface area (Å²) in [5.74, 6) is 0. The summed E-state index contributed by atoms with van der Waals surface area (Å²) >= 11 is 1.53. The summed E-state index contributed by atoms with van der Waals surface area (Å²) in [4.78, 5) is 8.82. The molecule has 0 unspecified atom stereocenters.